The van der Waals surface area contributed by atoms with Gasteiger partial charge in [0.2, 0.25) is 5.91 Å². The van der Waals surface area contributed by atoms with Crippen LogP contribution in [0.1, 0.15) is 23.3 Å². The van der Waals surface area contributed by atoms with Gasteiger partial charge in [-0.3, -0.25) is 4.79 Å². The van der Waals surface area contributed by atoms with Gasteiger partial charge in [0.25, 0.3) is 0 Å². The summed E-state index contributed by atoms with van der Waals surface area (Å²) in [6, 6.07) is 0. The molecule has 6 nitrogen and oxygen atoms in total. The molecule has 90 valence electrons. The van der Waals surface area contributed by atoms with Crippen molar-refractivity contribution in [1.82, 2.24) is 9.97 Å². The summed E-state index contributed by atoms with van der Waals surface area (Å²) in [6.45, 7) is 0. The molecule has 0 bridgehead atoms. The molecule has 7 heteroatoms. The van der Waals surface area contributed by atoms with Crippen LogP contribution in [0.2, 0.25) is 0 Å². The summed E-state index contributed by atoms with van der Waals surface area (Å²) in [7, 11) is 0. The molecule has 17 heavy (non-hydrogen) atoms. The van der Waals surface area contributed by atoms with Crippen molar-refractivity contribution in [3.8, 4) is 0 Å². The zero-order chi connectivity index (χ0) is 12.3. The van der Waals surface area contributed by atoms with Crippen molar-refractivity contribution < 1.29 is 14.7 Å². The fourth-order valence-corrected chi connectivity index (χ4v) is 2.73. The quantitative estimate of drug-likeness (QED) is 0.835. The van der Waals surface area contributed by atoms with Crippen LogP contribution in [0.4, 0.5) is 5.82 Å². The maximum Gasteiger partial charge on any atom is 0.358 e. The third-order valence-electron chi connectivity index (χ3n) is 2.36. The molecule has 0 aromatic carbocycles. The molecule has 0 aliphatic carbocycles. The third kappa shape index (κ3) is 2.73. The minimum Gasteiger partial charge on any atom is -0.476 e. The molecule has 0 radical (unpaired) electrons. The van der Waals surface area contributed by atoms with E-state index in [9.17, 15) is 9.59 Å². The second-order valence-corrected chi connectivity index (χ2v) is 4.86. The molecular weight excluding hydrogens is 242 g/mol. The predicted octanol–water partition coefficient (Wildman–Crippen LogP) is 1.01. The number of aromatic nitrogens is 2. The van der Waals surface area contributed by atoms with E-state index in [0.29, 0.717) is 0 Å². The molecule has 1 aromatic heterocycles. The second kappa shape index (κ2) is 5.13. The number of carbonyl (C=O) groups is 2. The number of nitrogens with one attached hydrogen (secondary N) is 1. The lowest BCUT2D eigenvalue weighted by Gasteiger charge is -2.10. The van der Waals surface area contributed by atoms with E-state index in [2.05, 4.69) is 15.3 Å². The first-order chi connectivity index (χ1) is 8.18. The highest BCUT2D eigenvalue weighted by atomic mass is 32.2. The number of anilines is 1. The summed E-state index contributed by atoms with van der Waals surface area (Å²) in [5.74, 6) is -0.426. The van der Waals surface area contributed by atoms with Crippen molar-refractivity contribution in [2.45, 2.75) is 18.1 Å². The van der Waals surface area contributed by atoms with Crippen LogP contribution < -0.4 is 5.32 Å². The van der Waals surface area contributed by atoms with Crippen LogP contribution in [0.3, 0.4) is 0 Å². The number of carboxylic acid groups (broad SMARTS) is 1. The van der Waals surface area contributed by atoms with Crippen molar-refractivity contribution >= 4 is 29.5 Å². The molecule has 1 aromatic rings. The average molecular weight is 253 g/mol. The highest BCUT2D eigenvalue weighted by Gasteiger charge is 2.25. The van der Waals surface area contributed by atoms with Crippen LogP contribution in [0.25, 0.3) is 0 Å². The van der Waals surface area contributed by atoms with E-state index in [1.807, 2.05) is 0 Å². The number of carbonyl (C=O) groups excluding carboxylic acids is 1. The SMILES string of the molecule is O=C(O)c1nccnc1NC(=O)C1CCCS1. The van der Waals surface area contributed by atoms with E-state index in [0.717, 1.165) is 18.6 Å². The van der Waals surface area contributed by atoms with Gasteiger partial charge in [0.05, 0.1) is 5.25 Å². The summed E-state index contributed by atoms with van der Waals surface area (Å²) in [5, 5.41) is 11.3. The molecule has 2 N–H and O–H groups in total. The maximum absolute atomic E-state index is 11.8. The van der Waals surface area contributed by atoms with Crippen LogP contribution in [-0.4, -0.2) is 38.0 Å². The zero-order valence-corrected chi connectivity index (χ0v) is 9.74. The van der Waals surface area contributed by atoms with Gasteiger partial charge < -0.3 is 10.4 Å². The summed E-state index contributed by atoms with van der Waals surface area (Å²) < 4.78 is 0. The average Bonchev–Trinajstić information content (AvgIpc) is 2.83. The van der Waals surface area contributed by atoms with Crippen LogP contribution in [0.5, 0.6) is 0 Å². The van der Waals surface area contributed by atoms with E-state index in [4.69, 9.17) is 5.11 Å². The molecule has 0 spiro atoms. The van der Waals surface area contributed by atoms with Crippen LogP contribution in [0.15, 0.2) is 12.4 Å². The molecule has 1 amide bonds. The van der Waals surface area contributed by atoms with Crippen molar-refractivity contribution in [2.24, 2.45) is 0 Å². The fourth-order valence-electron chi connectivity index (χ4n) is 1.57. The lowest BCUT2D eigenvalue weighted by atomic mass is 10.2. The summed E-state index contributed by atoms with van der Waals surface area (Å²) in [6.07, 6.45) is 4.46. The number of aromatic carboxylic acids is 1. The zero-order valence-electron chi connectivity index (χ0n) is 8.92. The molecule has 1 atom stereocenters. The highest BCUT2D eigenvalue weighted by molar-refractivity contribution is 8.00. The van der Waals surface area contributed by atoms with Gasteiger partial charge in [-0.05, 0) is 18.6 Å². The first kappa shape index (κ1) is 11.8. The molecule has 2 rings (SSSR count). The van der Waals surface area contributed by atoms with Crippen LogP contribution in [-0.2, 0) is 4.79 Å². The summed E-state index contributed by atoms with van der Waals surface area (Å²) >= 11 is 1.58. The predicted molar refractivity (Wildman–Crippen MR) is 63.1 cm³/mol. The van der Waals surface area contributed by atoms with E-state index in [-0.39, 0.29) is 22.7 Å². The summed E-state index contributed by atoms with van der Waals surface area (Å²) in [5.41, 5.74) is -0.233. The van der Waals surface area contributed by atoms with Crippen LogP contribution in [0, 0.1) is 0 Å². The highest BCUT2D eigenvalue weighted by Crippen LogP contribution is 2.27. The molecule has 1 aliphatic heterocycles. The minimum atomic E-state index is -1.20. The monoisotopic (exact) mass is 253 g/mol. The van der Waals surface area contributed by atoms with Crippen LogP contribution >= 0.6 is 11.8 Å². The Kier molecular flexibility index (Phi) is 3.58. The number of amides is 1. The first-order valence-electron chi connectivity index (χ1n) is 5.15. The Labute approximate surface area is 102 Å². The maximum atomic E-state index is 11.8. The standard InChI is InChI=1S/C10H11N3O3S/c14-9(6-2-1-5-17-6)13-8-7(10(15)16)11-3-4-12-8/h3-4,6H,1-2,5H2,(H,15,16)(H,12,13,14). The Bertz CT molecular complexity index is 446. The smallest absolute Gasteiger partial charge is 0.358 e. The second-order valence-electron chi connectivity index (χ2n) is 3.55. The molecule has 1 unspecified atom stereocenters. The molecule has 0 saturated carbocycles. The third-order valence-corrected chi connectivity index (χ3v) is 3.74. The Hall–Kier alpha value is -1.63. The largest absolute Gasteiger partial charge is 0.476 e. The van der Waals surface area contributed by atoms with Gasteiger partial charge in [-0.15, -0.1) is 11.8 Å². The van der Waals surface area contributed by atoms with Crippen molar-refractivity contribution in [1.29, 1.82) is 0 Å². The Morgan fingerprint density at radius 3 is 2.82 bits per heavy atom. The van der Waals surface area contributed by atoms with Gasteiger partial charge in [0, 0.05) is 12.4 Å². The van der Waals surface area contributed by atoms with Crippen molar-refractivity contribution in [3.63, 3.8) is 0 Å². The van der Waals surface area contributed by atoms with Gasteiger partial charge in [0.15, 0.2) is 11.5 Å². The van der Waals surface area contributed by atoms with Gasteiger partial charge in [-0.2, -0.15) is 0 Å². The lowest BCUT2D eigenvalue weighted by molar-refractivity contribution is -0.115. The van der Waals surface area contributed by atoms with Gasteiger partial charge >= 0.3 is 5.97 Å². The number of carboxylic acids is 1. The Morgan fingerprint density at radius 2 is 2.18 bits per heavy atom. The van der Waals surface area contributed by atoms with E-state index in [1.165, 1.54) is 12.4 Å². The minimum absolute atomic E-state index is 0.0116. The number of hydrogen-bond donors (Lipinski definition) is 2. The number of thioether (sulfide) groups is 1. The molecule has 2 heterocycles. The number of rotatable bonds is 3. The normalized spacial score (nSPS) is 18.9. The fraction of sp³-hybridized carbons (Fsp3) is 0.400. The Balaban J connectivity index is 2.12. The van der Waals surface area contributed by atoms with E-state index < -0.39 is 5.97 Å². The molecule has 1 aliphatic rings. The topological polar surface area (TPSA) is 92.2 Å². The number of nitrogens with zero attached hydrogens (tertiary/aromatic N) is 2. The number of hydrogen-bond acceptors (Lipinski definition) is 5. The summed E-state index contributed by atoms with van der Waals surface area (Å²) in [4.78, 5) is 30.2. The van der Waals surface area contributed by atoms with E-state index in [1.54, 1.807) is 11.8 Å². The molecular formula is C10H11N3O3S. The van der Waals surface area contributed by atoms with Gasteiger partial charge in [0.1, 0.15) is 0 Å². The first-order valence-corrected chi connectivity index (χ1v) is 6.20. The van der Waals surface area contributed by atoms with Gasteiger partial charge in [-0.1, -0.05) is 0 Å². The van der Waals surface area contributed by atoms with E-state index >= 15 is 0 Å². The molecule has 1 saturated heterocycles. The van der Waals surface area contributed by atoms with Gasteiger partial charge in [-0.25, -0.2) is 14.8 Å². The van der Waals surface area contributed by atoms with Crippen molar-refractivity contribution in [3.05, 3.63) is 18.1 Å². The molecule has 1 fully saturated rings. The Morgan fingerprint density at radius 1 is 1.41 bits per heavy atom. The van der Waals surface area contributed by atoms with Crippen molar-refractivity contribution in [2.75, 3.05) is 11.1 Å². The lowest BCUT2D eigenvalue weighted by Crippen LogP contribution is -2.25.